The second-order valence-corrected chi connectivity index (χ2v) is 8.73. The lowest BCUT2D eigenvalue weighted by Crippen LogP contribution is -2.29. The summed E-state index contributed by atoms with van der Waals surface area (Å²) in [4.78, 5) is 13.2. The SMILES string of the molecule is CC(C)NC(c1ccccc1)c1cccc(NC(=O)c2cc(C(F)(F)F)nn2-c2cccc(C#N)c2)c1. The van der Waals surface area contributed by atoms with Crippen LogP contribution >= 0.6 is 0 Å². The van der Waals surface area contributed by atoms with E-state index in [2.05, 4.69) is 15.7 Å². The first-order chi connectivity index (χ1) is 17.7. The topological polar surface area (TPSA) is 82.7 Å². The molecule has 4 aromatic rings. The standard InChI is InChI=1S/C28H24F3N5O/c1-18(2)33-26(20-9-4-3-5-10-20)21-11-7-12-22(15-21)34-27(37)24-16-25(28(29,30)31)35-36(24)23-13-6-8-19(14-23)17-32/h3-16,18,26,33H,1-2H3,(H,34,37). The van der Waals surface area contributed by atoms with Gasteiger partial charge in [0.2, 0.25) is 0 Å². The Morgan fingerprint density at radius 1 is 0.946 bits per heavy atom. The van der Waals surface area contributed by atoms with Gasteiger partial charge in [0.15, 0.2) is 5.69 Å². The Hall–Kier alpha value is -4.42. The average molecular weight is 504 g/mol. The number of nitrogens with one attached hydrogen (secondary N) is 2. The van der Waals surface area contributed by atoms with Crippen LogP contribution in [0.5, 0.6) is 0 Å². The van der Waals surface area contributed by atoms with Gasteiger partial charge in [-0.2, -0.15) is 23.5 Å². The molecule has 0 aliphatic carbocycles. The van der Waals surface area contributed by atoms with Crippen molar-refractivity contribution in [2.75, 3.05) is 5.32 Å². The van der Waals surface area contributed by atoms with Crippen molar-refractivity contribution in [1.82, 2.24) is 15.1 Å². The maximum atomic E-state index is 13.5. The van der Waals surface area contributed by atoms with Gasteiger partial charge < -0.3 is 10.6 Å². The zero-order valence-electron chi connectivity index (χ0n) is 20.1. The number of hydrogen-bond donors (Lipinski definition) is 2. The summed E-state index contributed by atoms with van der Waals surface area (Å²) in [5.41, 5.74) is 1.20. The summed E-state index contributed by atoms with van der Waals surface area (Å²) in [6.07, 6.45) is -4.75. The lowest BCUT2D eigenvalue weighted by molar-refractivity contribution is -0.141. The van der Waals surface area contributed by atoms with Gasteiger partial charge in [-0.1, -0.05) is 48.5 Å². The van der Waals surface area contributed by atoms with Crippen molar-refractivity contribution in [2.24, 2.45) is 0 Å². The van der Waals surface area contributed by atoms with Crippen molar-refractivity contribution in [1.29, 1.82) is 5.26 Å². The van der Waals surface area contributed by atoms with Gasteiger partial charge in [0, 0.05) is 17.8 Å². The number of aromatic nitrogens is 2. The minimum Gasteiger partial charge on any atom is -0.321 e. The van der Waals surface area contributed by atoms with Crippen molar-refractivity contribution in [3.63, 3.8) is 0 Å². The molecule has 1 aromatic heterocycles. The van der Waals surface area contributed by atoms with Crippen LogP contribution in [-0.4, -0.2) is 21.7 Å². The highest BCUT2D eigenvalue weighted by Crippen LogP contribution is 2.30. The van der Waals surface area contributed by atoms with Crippen LogP contribution in [0.15, 0.2) is 84.9 Å². The Kier molecular flexibility index (Phi) is 7.41. The Morgan fingerprint density at radius 2 is 1.65 bits per heavy atom. The number of amides is 1. The van der Waals surface area contributed by atoms with E-state index in [0.29, 0.717) is 11.8 Å². The number of halogens is 3. The molecule has 0 fully saturated rings. The Bertz CT molecular complexity index is 1440. The summed E-state index contributed by atoms with van der Waals surface area (Å²) < 4.78 is 41.3. The molecule has 9 heteroatoms. The van der Waals surface area contributed by atoms with Crippen molar-refractivity contribution in [3.05, 3.63) is 113 Å². The predicted octanol–water partition coefficient (Wildman–Crippen LogP) is 6.10. The van der Waals surface area contributed by atoms with Crippen LogP contribution in [-0.2, 0) is 6.18 Å². The molecule has 0 saturated heterocycles. The quantitative estimate of drug-likeness (QED) is 0.319. The number of carbonyl (C=O) groups excluding carboxylic acids is 1. The van der Waals surface area contributed by atoms with Gasteiger partial charge in [0.25, 0.3) is 5.91 Å². The summed E-state index contributed by atoms with van der Waals surface area (Å²) in [5.74, 6) is -0.768. The molecule has 0 bridgehead atoms. The molecule has 188 valence electrons. The van der Waals surface area contributed by atoms with Gasteiger partial charge >= 0.3 is 6.18 Å². The van der Waals surface area contributed by atoms with E-state index in [4.69, 9.17) is 0 Å². The summed E-state index contributed by atoms with van der Waals surface area (Å²) in [6, 6.07) is 25.5. The normalized spacial score (nSPS) is 12.2. The molecular formula is C28H24F3N5O. The smallest absolute Gasteiger partial charge is 0.321 e. The third-order valence-corrected chi connectivity index (χ3v) is 5.56. The van der Waals surface area contributed by atoms with Crippen molar-refractivity contribution < 1.29 is 18.0 Å². The number of alkyl halides is 3. The van der Waals surface area contributed by atoms with Crippen LogP contribution in [0.4, 0.5) is 18.9 Å². The fourth-order valence-corrected chi connectivity index (χ4v) is 3.94. The highest BCUT2D eigenvalue weighted by atomic mass is 19.4. The van der Waals surface area contributed by atoms with E-state index < -0.39 is 17.8 Å². The van der Waals surface area contributed by atoms with E-state index in [-0.39, 0.29) is 29.0 Å². The number of hydrogen-bond acceptors (Lipinski definition) is 4. The molecule has 1 unspecified atom stereocenters. The first-order valence-electron chi connectivity index (χ1n) is 11.6. The van der Waals surface area contributed by atoms with Gasteiger partial charge in [0.1, 0.15) is 5.69 Å². The van der Waals surface area contributed by atoms with Crippen LogP contribution in [0.3, 0.4) is 0 Å². The van der Waals surface area contributed by atoms with E-state index in [1.54, 1.807) is 18.2 Å². The van der Waals surface area contributed by atoms with Crippen LogP contribution in [0.1, 0.15) is 52.8 Å². The highest BCUT2D eigenvalue weighted by Gasteiger charge is 2.36. The Balaban J connectivity index is 1.69. The molecule has 3 aromatic carbocycles. The number of benzene rings is 3. The monoisotopic (exact) mass is 503 g/mol. The van der Waals surface area contributed by atoms with Crippen molar-refractivity contribution in [2.45, 2.75) is 32.1 Å². The molecule has 2 N–H and O–H groups in total. The van der Waals surface area contributed by atoms with Crippen molar-refractivity contribution >= 4 is 11.6 Å². The molecule has 1 atom stereocenters. The van der Waals surface area contributed by atoms with E-state index in [0.717, 1.165) is 15.8 Å². The maximum Gasteiger partial charge on any atom is 0.435 e. The van der Waals surface area contributed by atoms with E-state index in [1.807, 2.05) is 56.3 Å². The molecular weight excluding hydrogens is 479 g/mol. The molecule has 0 aliphatic rings. The lowest BCUT2D eigenvalue weighted by Gasteiger charge is -2.23. The second-order valence-electron chi connectivity index (χ2n) is 8.73. The summed E-state index contributed by atoms with van der Waals surface area (Å²) >= 11 is 0. The minimum atomic E-state index is -4.75. The van der Waals surface area contributed by atoms with Crippen LogP contribution < -0.4 is 10.6 Å². The molecule has 1 amide bonds. The minimum absolute atomic E-state index is 0.158. The first-order valence-corrected chi connectivity index (χ1v) is 11.6. The number of nitrogens with zero attached hydrogens (tertiary/aromatic N) is 3. The lowest BCUT2D eigenvalue weighted by atomic mass is 9.97. The molecule has 37 heavy (non-hydrogen) atoms. The number of nitriles is 1. The van der Waals surface area contributed by atoms with Crippen LogP contribution in [0, 0.1) is 11.3 Å². The van der Waals surface area contributed by atoms with Gasteiger partial charge in [-0.25, -0.2) is 4.68 Å². The fraction of sp³-hybridized carbons (Fsp3) is 0.179. The van der Waals surface area contributed by atoms with Gasteiger partial charge in [0.05, 0.1) is 23.4 Å². The average Bonchev–Trinajstić information content (AvgIpc) is 3.35. The highest BCUT2D eigenvalue weighted by molar-refractivity contribution is 6.03. The Labute approximate surface area is 212 Å². The van der Waals surface area contributed by atoms with Crippen molar-refractivity contribution in [3.8, 4) is 11.8 Å². The molecule has 1 heterocycles. The third-order valence-electron chi connectivity index (χ3n) is 5.56. The third kappa shape index (κ3) is 6.05. The van der Waals surface area contributed by atoms with Gasteiger partial charge in [-0.3, -0.25) is 4.79 Å². The largest absolute Gasteiger partial charge is 0.435 e. The predicted molar refractivity (Wildman–Crippen MR) is 134 cm³/mol. The molecule has 4 rings (SSSR count). The molecule has 0 aliphatic heterocycles. The Morgan fingerprint density at radius 3 is 2.32 bits per heavy atom. The number of rotatable bonds is 7. The van der Waals surface area contributed by atoms with Gasteiger partial charge in [-0.15, -0.1) is 0 Å². The molecule has 6 nitrogen and oxygen atoms in total. The van der Waals surface area contributed by atoms with E-state index in [1.165, 1.54) is 24.3 Å². The molecule has 0 saturated carbocycles. The molecule has 0 radical (unpaired) electrons. The summed E-state index contributed by atoms with van der Waals surface area (Å²) in [7, 11) is 0. The molecule has 0 spiro atoms. The van der Waals surface area contributed by atoms with Crippen LogP contribution in [0.2, 0.25) is 0 Å². The number of carbonyl (C=O) groups is 1. The van der Waals surface area contributed by atoms with E-state index in [9.17, 15) is 23.2 Å². The van der Waals surface area contributed by atoms with E-state index >= 15 is 0 Å². The summed E-state index contributed by atoms with van der Waals surface area (Å²) in [6.45, 7) is 4.06. The first kappa shape index (κ1) is 25.7. The second kappa shape index (κ2) is 10.7. The zero-order chi connectivity index (χ0) is 26.6. The zero-order valence-corrected chi connectivity index (χ0v) is 20.1. The maximum absolute atomic E-state index is 13.5. The van der Waals surface area contributed by atoms with Gasteiger partial charge in [-0.05, 0) is 55.3 Å². The fourth-order valence-electron chi connectivity index (χ4n) is 3.94. The number of anilines is 1. The van der Waals surface area contributed by atoms with Crippen LogP contribution in [0.25, 0.3) is 5.69 Å². The summed E-state index contributed by atoms with van der Waals surface area (Å²) in [5, 5.41) is 19.0.